The lowest BCUT2D eigenvalue weighted by Gasteiger charge is -2.10. The van der Waals surface area contributed by atoms with Gasteiger partial charge in [0.25, 0.3) is 5.91 Å². The summed E-state index contributed by atoms with van der Waals surface area (Å²) in [5, 5.41) is 2.90. The number of para-hydroxylation sites is 1. The van der Waals surface area contributed by atoms with E-state index in [0.717, 1.165) is 22.7 Å². The molecule has 0 unspecified atom stereocenters. The Morgan fingerprint density at radius 2 is 1.73 bits per heavy atom. The number of carbonyl (C=O) groups is 1. The minimum Gasteiger partial charge on any atom is -0.496 e. The number of hydrogen-bond acceptors (Lipinski definition) is 3. The van der Waals surface area contributed by atoms with Crippen LogP contribution in [0.15, 0.2) is 66.9 Å². The lowest BCUT2D eigenvalue weighted by atomic mass is 10.0. The van der Waals surface area contributed by atoms with Gasteiger partial charge < -0.3 is 10.1 Å². The molecular formula is C22H22N2O2. The Kier molecular flexibility index (Phi) is 5.32. The normalized spacial score (nSPS) is 10.6. The Balaban J connectivity index is 1.74. The molecular weight excluding hydrogens is 324 g/mol. The monoisotopic (exact) mass is 346 g/mol. The molecule has 0 bridgehead atoms. The number of rotatable bonds is 5. The third-order valence-corrected chi connectivity index (χ3v) is 4.24. The quantitative estimate of drug-likeness (QED) is 0.696. The highest BCUT2D eigenvalue weighted by molar-refractivity contribution is 6.04. The molecule has 0 spiro atoms. The molecule has 1 aromatic heterocycles. The summed E-state index contributed by atoms with van der Waals surface area (Å²) in [6, 6.07) is 19.2. The molecule has 0 aliphatic carbocycles. The average molecular weight is 346 g/mol. The second-order valence-corrected chi connectivity index (χ2v) is 6.36. The first-order valence-corrected chi connectivity index (χ1v) is 8.59. The number of anilines is 1. The van der Waals surface area contributed by atoms with Crippen LogP contribution in [0.3, 0.4) is 0 Å². The van der Waals surface area contributed by atoms with E-state index >= 15 is 0 Å². The molecule has 0 atom stereocenters. The van der Waals surface area contributed by atoms with E-state index in [9.17, 15) is 4.79 Å². The van der Waals surface area contributed by atoms with Crippen molar-refractivity contribution in [2.75, 3.05) is 12.4 Å². The van der Waals surface area contributed by atoms with E-state index < -0.39 is 0 Å². The number of benzene rings is 2. The zero-order chi connectivity index (χ0) is 18.5. The van der Waals surface area contributed by atoms with E-state index in [4.69, 9.17) is 4.74 Å². The minimum atomic E-state index is -0.179. The molecule has 4 heteroatoms. The molecule has 0 saturated carbocycles. The largest absolute Gasteiger partial charge is 0.496 e. The first kappa shape index (κ1) is 17.7. The second kappa shape index (κ2) is 7.83. The van der Waals surface area contributed by atoms with Crippen molar-refractivity contribution in [3.8, 4) is 17.0 Å². The van der Waals surface area contributed by atoms with Gasteiger partial charge in [-0.1, -0.05) is 38.1 Å². The van der Waals surface area contributed by atoms with Crippen LogP contribution in [-0.4, -0.2) is 18.0 Å². The third kappa shape index (κ3) is 3.91. The van der Waals surface area contributed by atoms with Gasteiger partial charge in [0.05, 0.1) is 18.4 Å². The summed E-state index contributed by atoms with van der Waals surface area (Å²) >= 11 is 0. The average Bonchev–Trinajstić information content (AvgIpc) is 2.68. The molecule has 1 heterocycles. The Morgan fingerprint density at radius 1 is 1.00 bits per heavy atom. The topological polar surface area (TPSA) is 51.2 Å². The number of carbonyl (C=O) groups excluding carboxylic acids is 1. The number of nitrogens with one attached hydrogen (secondary N) is 1. The van der Waals surface area contributed by atoms with Crippen LogP contribution < -0.4 is 10.1 Å². The van der Waals surface area contributed by atoms with E-state index in [-0.39, 0.29) is 5.91 Å². The van der Waals surface area contributed by atoms with Crippen LogP contribution in [0.4, 0.5) is 5.69 Å². The summed E-state index contributed by atoms with van der Waals surface area (Å²) in [4.78, 5) is 16.8. The zero-order valence-electron chi connectivity index (χ0n) is 15.2. The molecule has 3 rings (SSSR count). The van der Waals surface area contributed by atoms with Crippen molar-refractivity contribution in [2.45, 2.75) is 19.8 Å². The second-order valence-electron chi connectivity index (χ2n) is 6.36. The molecule has 2 aromatic carbocycles. The molecule has 0 radical (unpaired) electrons. The molecule has 0 aliphatic heterocycles. The van der Waals surface area contributed by atoms with Crippen molar-refractivity contribution >= 4 is 11.6 Å². The van der Waals surface area contributed by atoms with Gasteiger partial charge in [-0.25, -0.2) is 0 Å². The molecule has 0 aliphatic rings. The van der Waals surface area contributed by atoms with Crippen molar-refractivity contribution in [2.24, 2.45) is 0 Å². The third-order valence-electron chi connectivity index (χ3n) is 4.24. The molecule has 1 N–H and O–H groups in total. The van der Waals surface area contributed by atoms with E-state index in [1.165, 1.54) is 5.56 Å². The van der Waals surface area contributed by atoms with Gasteiger partial charge in [0.1, 0.15) is 5.75 Å². The minimum absolute atomic E-state index is 0.179. The van der Waals surface area contributed by atoms with Crippen molar-refractivity contribution < 1.29 is 9.53 Å². The number of aromatic nitrogens is 1. The number of amides is 1. The predicted molar refractivity (Wildman–Crippen MR) is 105 cm³/mol. The highest BCUT2D eigenvalue weighted by Crippen LogP contribution is 2.28. The first-order valence-electron chi connectivity index (χ1n) is 8.59. The summed E-state index contributed by atoms with van der Waals surface area (Å²) in [7, 11) is 1.63. The fraction of sp³-hybridized carbons (Fsp3) is 0.182. The molecule has 0 saturated heterocycles. The lowest BCUT2D eigenvalue weighted by molar-refractivity contribution is 0.102. The maximum atomic E-state index is 12.4. The Hall–Kier alpha value is -3.14. The van der Waals surface area contributed by atoms with Gasteiger partial charge in [-0.15, -0.1) is 0 Å². The van der Waals surface area contributed by atoms with Crippen LogP contribution in [-0.2, 0) is 0 Å². The number of methoxy groups -OCH3 is 1. The molecule has 4 nitrogen and oxygen atoms in total. The van der Waals surface area contributed by atoms with Crippen LogP contribution >= 0.6 is 0 Å². The highest BCUT2D eigenvalue weighted by Gasteiger charge is 2.10. The van der Waals surface area contributed by atoms with Crippen LogP contribution in [0.1, 0.15) is 35.7 Å². The summed E-state index contributed by atoms with van der Waals surface area (Å²) in [5.41, 5.74) is 4.18. The summed E-state index contributed by atoms with van der Waals surface area (Å²) < 4.78 is 5.36. The van der Waals surface area contributed by atoms with Gasteiger partial charge in [0.15, 0.2) is 0 Å². The van der Waals surface area contributed by atoms with Crippen molar-refractivity contribution in [3.63, 3.8) is 0 Å². The van der Waals surface area contributed by atoms with E-state index in [2.05, 4.69) is 24.1 Å². The first-order chi connectivity index (χ1) is 12.6. The number of pyridine rings is 1. The maximum Gasteiger partial charge on any atom is 0.257 e. The van der Waals surface area contributed by atoms with Gasteiger partial charge in [0.2, 0.25) is 0 Å². The SMILES string of the molecule is COc1ccccc1-c1ccc(C(=O)Nc2ccc(C(C)C)cc2)cn1. The lowest BCUT2D eigenvalue weighted by Crippen LogP contribution is -2.12. The van der Waals surface area contributed by atoms with Gasteiger partial charge in [-0.3, -0.25) is 9.78 Å². The van der Waals surface area contributed by atoms with Crippen LogP contribution in [0.2, 0.25) is 0 Å². The van der Waals surface area contributed by atoms with Crippen molar-refractivity contribution in [1.82, 2.24) is 4.98 Å². The standard InChI is InChI=1S/C22H22N2O2/c1-15(2)16-8-11-18(12-9-16)24-22(25)17-10-13-20(23-14-17)19-6-4-5-7-21(19)26-3/h4-15H,1-3H3,(H,24,25). The fourth-order valence-corrected chi connectivity index (χ4v) is 2.70. The molecule has 3 aromatic rings. The van der Waals surface area contributed by atoms with Crippen molar-refractivity contribution in [3.05, 3.63) is 78.0 Å². The van der Waals surface area contributed by atoms with Crippen LogP contribution in [0.5, 0.6) is 5.75 Å². The number of ether oxygens (including phenoxy) is 1. The van der Waals surface area contributed by atoms with Gasteiger partial charge in [-0.05, 0) is 47.9 Å². The predicted octanol–water partition coefficient (Wildman–Crippen LogP) is 5.13. The summed E-state index contributed by atoms with van der Waals surface area (Å²) in [5.74, 6) is 1.04. The van der Waals surface area contributed by atoms with Crippen LogP contribution in [0, 0.1) is 0 Å². The summed E-state index contributed by atoms with van der Waals surface area (Å²) in [6.07, 6.45) is 1.58. The fourth-order valence-electron chi connectivity index (χ4n) is 2.70. The Labute approximate surface area is 153 Å². The highest BCUT2D eigenvalue weighted by atomic mass is 16.5. The van der Waals surface area contributed by atoms with Gasteiger partial charge >= 0.3 is 0 Å². The van der Waals surface area contributed by atoms with E-state index in [0.29, 0.717) is 11.5 Å². The smallest absolute Gasteiger partial charge is 0.257 e. The number of hydrogen-bond donors (Lipinski definition) is 1. The van der Waals surface area contributed by atoms with E-state index in [1.807, 2.05) is 54.6 Å². The van der Waals surface area contributed by atoms with Gasteiger partial charge in [0, 0.05) is 17.4 Å². The van der Waals surface area contributed by atoms with E-state index in [1.54, 1.807) is 19.4 Å². The Morgan fingerprint density at radius 3 is 2.35 bits per heavy atom. The number of nitrogens with zero attached hydrogens (tertiary/aromatic N) is 1. The Bertz CT molecular complexity index is 885. The van der Waals surface area contributed by atoms with Gasteiger partial charge in [-0.2, -0.15) is 0 Å². The maximum absolute atomic E-state index is 12.4. The van der Waals surface area contributed by atoms with Crippen LogP contribution in [0.25, 0.3) is 11.3 Å². The summed E-state index contributed by atoms with van der Waals surface area (Å²) in [6.45, 7) is 4.28. The zero-order valence-corrected chi connectivity index (χ0v) is 15.2. The van der Waals surface area contributed by atoms with Crippen molar-refractivity contribution in [1.29, 1.82) is 0 Å². The molecule has 1 amide bonds. The molecule has 26 heavy (non-hydrogen) atoms. The molecule has 0 fully saturated rings. The molecule has 132 valence electrons.